The lowest BCUT2D eigenvalue weighted by Crippen LogP contribution is -2.42. The summed E-state index contributed by atoms with van der Waals surface area (Å²) >= 11 is 0. The summed E-state index contributed by atoms with van der Waals surface area (Å²) in [4.78, 5) is 0. The van der Waals surface area contributed by atoms with Crippen LogP contribution in [0.5, 0.6) is 0 Å². The van der Waals surface area contributed by atoms with Crippen molar-refractivity contribution in [3.05, 3.63) is 11.3 Å². The number of hydrogen-bond donors (Lipinski definition) is 2. The van der Waals surface area contributed by atoms with Crippen molar-refractivity contribution in [1.82, 2.24) is 19.8 Å². The van der Waals surface area contributed by atoms with E-state index in [0.717, 1.165) is 17.7 Å². The van der Waals surface area contributed by atoms with Gasteiger partial charge >= 0.3 is 0 Å². The molecule has 1 aliphatic rings. The molecule has 0 radical (unpaired) electrons. The molecule has 20 heavy (non-hydrogen) atoms. The summed E-state index contributed by atoms with van der Waals surface area (Å²) in [5.41, 5.74) is 1.54. The summed E-state index contributed by atoms with van der Waals surface area (Å²) in [5.74, 6) is 0.950. The second-order valence-electron chi connectivity index (χ2n) is 5.77. The van der Waals surface area contributed by atoms with Crippen LogP contribution in [0.3, 0.4) is 0 Å². The maximum absolute atomic E-state index is 12.8. The number of aromatic nitrogens is 2. The van der Waals surface area contributed by atoms with Gasteiger partial charge in [0.2, 0.25) is 0 Å². The molecule has 0 saturated carbocycles. The first-order valence-corrected chi connectivity index (χ1v) is 8.50. The average Bonchev–Trinajstić information content (AvgIpc) is 2.75. The zero-order chi connectivity index (χ0) is 14.9. The Bertz CT molecular complexity index is 567. The predicted octanol–water partition coefficient (Wildman–Crippen LogP) is 1.10. The minimum absolute atomic E-state index is 0.172. The van der Waals surface area contributed by atoms with Gasteiger partial charge in [0.25, 0.3) is 10.0 Å². The number of aromatic amines is 1. The highest BCUT2D eigenvalue weighted by atomic mass is 32.2. The third-order valence-corrected chi connectivity index (χ3v) is 6.11. The molecule has 1 aromatic heterocycles. The highest BCUT2D eigenvalue weighted by Crippen LogP contribution is 2.28. The van der Waals surface area contributed by atoms with Crippen molar-refractivity contribution in [3.63, 3.8) is 0 Å². The Morgan fingerprint density at radius 2 is 2.10 bits per heavy atom. The van der Waals surface area contributed by atoms with Crippen molar-refractivity contribution < 1.29 is 8.42 Å². The lowest BCUT2D eigenvalue weighted by Gasteiger charge is -2.34. The highest BCUT2D eigenvalue weighted by Gasteiger charge is 2.34. The van der Waals surface area contributed by atoms with Gasteiger partial charge in [0.15, 0.2) is 5.03 Å². The molecular weight excluding hydrogens is 276 g/mol. The Balaban J connectivity index is 2.31. The fourth-order valence-corrected chi connectivity index (χ4v) is 4.31. The topological polar surface area (TPSA) is 78.1 Å². The zero-order valence-corrected chi connectivity index (χ0v) is 13.4. The Morgan fingerprint density at radius 3 is 2.70 bits per heavy atom. The second-order valence-corrected chi connectivity index (χ2v) is 7.62. The Hall–Kier alpha value is -0.920. The summed E-state index contributed by atoms with van der Waals surface area (Å²) < 4.78 is 27.1. The SMILES string of the molecule is CNCc1c(S(=O)(=O)N2CCC(C)C(C)C2)n[nH]c1C. The second kappa shape index (κ2) is 5.83. The number of H-pyrrole nitrogens is 1. The van der Waals surface area contributed by atoms with E-state index >= 15 is 0 Å². The first-order chi connectivity index (χ1) is 9.37. The summed E-state index contributed by atoms with van der Waals surface area (Å²) in [6, 6.07) is 0. The number of aryl methyl sites for hydroxylation is 1. The lowest BCUT2D eigenvalue weighted by molar-refractivity contribution is 0.212. The van der Waals surface area contributed by atoms with Gasteiger partial charge in [-0.3, -0.25) is 5.10 Å². The fraction of sp³-hybridized carbons (Fsp3) is 0.769. The minimum Gasteiger partial charge on any atom is -0.316 e. The third-order valence-electron chi connectivity index (χ3n) is 4.27. The van der Waals surface area contributed by atoms with Gasteiger partial charge < -0.3 is 5.32 Å². The quantitative estimate of drug-likeness (QED) is 0.873. The molecule has 2 heterocycles. The molecule has 2 rings (SSSR count). The normalized spacial score (nSPS) is 25.0. The molecule has 2 atom stereocenters. The Labute approximate surface area is 121 Å². The van der Waals surface area contributed by atoms with Crippen LogP contribution in [-0.4, -0.2) is 43.1 Å². The van der Waals surface area contributed by atoms with E-state index in [1.54, 1.807) is 11.4 Å². The van der Waals surface area contributed by atoms with Crippen LogP contribution in [0, 0.1) is 18.8 Å². The Morgan fingerprint density at radius 1 is 1.40 bits per heavy atom. The van der Waals surface area contributed by atoms with Gasteiger partial charge in [-0.2, -0.15) is 9.40 Å². The number of nitrogens with zero attached hydrogens (tertiary/aromatic N) is 2. The van der Waals surface area contributed by atoms with E-state index in [1.807, 2.05) is 6.92 Å². The van der Waals surface area contributed by atoms with E-state index in [9.17, 15) is 8.42 Å². The molecule has 0 aliphatic carbocycles. The largest absolute Gasteiger partial charge is 0.316 e. The van der Waals surface area contributed by atoms with Crippen molar-refractivity contribution in [2.24, 2.45) is 11.8 Å². The first-order valence-electron chi connectivity index (χ1n) is 7.06. The van der Waals surface area contributed by atoms with Gasteiger partial charge in [0, 0.05) is 30.9 Å². The third kappa shape index (κ3) is 2.75. The van der Waals surface area contributed by atoms with Crippen LogP contribution in [0.25, 0.3) is 0 Å². The molecule has 0 aromatic carbocycles. The van der Waals surface area contributed by atoms with Crippen LogP contribution in [-0.2, 0) is 16.6 Å². The Kier molecular flexibility index (Phi) is 4.51. The van der Waals surface area contributed by atoms with Crippen molar-refractivity contribution in [2.45, 2.75) is 38.8 Å². The van der Waals surface area contributed by atoms with Gasteiger partial charge in [0.1, 0.15) is 0 Å². The number of rotatable bonds is 4. The van der Waals surface area contributed by atoms with Crippen LogP contribution in [0.4, 0.5) is 0 Å². The van der Waals surface area contributed by atoms with Gasteiger partial charge in [-0.05, 0) is 32.2 Å². The number of nitrogens with one attached hydrogen (secondary N) is 2. The number of piperidine rings is 1. The van der Waals surface area contributed by atoms with Gasteiger partial charge in [-0.25, -0.2) is 8.42 Å². The average molecular weight is 300 g/mol. The molecule has 0 bridgehead atoms. The van der Waals surface area contributed by atoms with E-state index in [2.05, 4.69) is 29.4 Å². The monoisotopic (exact) mass is 300 g/mol. The van der Waals surface area contributed by atoms with Crippen LogP contribution in [0.15, 0.2) is 5.03 Å². The molecule has 114 valence electrons. The number of sulfonamides is 1. The van der Waals surface area contributed by atoms with Gasteiger partial charge in [0.05, 0.1) is 0 Å². The standard InChI is InChI=1S/C13H24N4O2S/c1-9-5-6-17(8-10(9)2)20(18,19)13-12(7-14-4)11(3)15-16-13/h9-10,14H,5-8H2,1-4H3,(H,15,16). The molecule has 0 spiro atoms. The van der Waals surface area contributed by atoms with Gasteiger partial charge in [-0.1, -0.05) is 13.8 Å². The van der Waals surface area contributed by atoms with E-state index in [-0.39, 0.29) is 5.03 Å². The molecule has 0 amide bonds. The molecular formula is C13H24N4O2S. The maximum atomic E-state index is 12.8. The summed E-state index contributed by atoms with van der Waals surface area (Å²) in [6.07, 6.45) is 0.908. The molecule has 1 aromatic rings. The molecule has 6 nitrogen and oxygen atoms in total. The summed E-state index contributed by atoms with van der Waals surface area (Å²) in [6.45, 7) is 7.79. The van der Waals surface area contributed by atoms with Crippen molar-refractivity contribution in [2.75, 3.05) is 20.1 Å². The molecule has 7 heteroatoms. The van der Waals surface area contributed by atoms with Crippen LogP contribution >= 0.6 is 0 Å². The van der Waals surface area contributed by atoms with Crippen LogP contribution < -0.4 is 5.32 Å². The lowest BCUT2D eigenvalue weighted by atomic mass is 9.90. The molecule has 1 saturated heterocycles. The van der Waals surface area contributed by atoms with Crippen LogP contribution in [0.2, 0.25) is 0 Å². The van der Waals surface area contributed by atoms with E-state index in [4.69, 9.17) is 0 Å². The van der Waals surface area contributed by atoms with Crippen molar-refractivity contribution in [3.8, 4) is 0 Å². The fourth-order valence-electron chi connectivity index (χ4n) is 2.59. The van der Waals surface area contributed by atoms with E-state index in [0.29, 0.717) is 31.5 Å². The minimum atomic E-state index is -3.50. The van der Waals surface area contributed by atoms with E-state index < -0.39 is 10.0 Å². The van der Waals surface area contributed by atoms with Crippen molar-refractivity contribution in [1.29, 1.82) is 0 Å². The van der Waals surface area contributed by atoms with Crippen molar-refractivity contribution >= 4 is 10.0 Å². The van der Waals surface area contributed by atoms with Gasteiger partial charge in [-0.15, -0.1) is 0 Å². The molecule has 2 N–H and O–H groups in total. The van der Waals surface area contributed by atoms with E-state index in [1.165, 1.54) is 0 Å². The molecule has 1 fully saturated rings. The number of hydrogen-bond acceptors (Lipinski definition) is 4. The molecule has 2 unspecified atom stereocenters. The predicted molar refractivity (Wildman–Crippen MR) is 77.8 cm³/mol. The summed E-state index contributed by atoms with van der Waals surface area (Å²) in [5, 5.41) is 9.99. The zero-order valence-electron chi connectivity index (χ0n) is 12.6. The highest BCUT2D eigenvalue weighted by molar-refractivity contribution is 7.89. The maximum Gasteiger partial charge on any atom is 0.262 e. The first kappa shape index (κ1) is 15.5. The van der Waals surface area contributed by atoms with Crippen LogP contribution in [0.1, 0.15) is 31.5 Å². The smallest absolute Gasteiger partial charge is 0.262 e. The summed E-state index contributed by atoms with van der Waals surface area (Å²) in [7, 11) is -1.70. The molecule has 1 aliphatic heterocycles.